The highest BCUT2D eigenvalue weighted by molar-refractivity contribution is 7.89. The molecule has 31 heavy (non-hydrogen) atoms. The second kappa shape index (κ2) is 8.90. The maximum Gasteiger partial charge on any atom is 0.265 e. The number of anilines is 2. The number of carbonyl (C=O) groups excluding carboxylic acids is 2. The highest BCUT2D eigenvalue weighted by Gasteiger charge is 2.24. The minimum atomic E-state index is -3.77. The molecule has 166 valence electrons. The molecule has 1 aliphatic rings. The predicted octanol–water partition coefficient (Wildman–Crippen LogP) is 1.24. The van der Waals surface area contributed by atoms with Crippen LogP contribution >= 0.6 is 0 Å². The van der Waals surface area contributed by atoms with Gasteiger partial charge < -0.3 is 19.9 Å². The Hall–Kier alpha value is -3.18. The largest absolute Gasteiger partial charge is 0.479 e. The molecule has 3 rings (SSSR count). The molecule has 10 nitrogen and oxygen atoms in total. The Balaban J connectivity index is 1.78. The fraction of sp³-hybridized carbons (Fsp3) is 0.350. The summed E-state index contributed by atoms with van der Waals surface area (Å²) in [5, 5.41) is 5.32. The Morgan fingerprint density at radius 2 is 1.90 bits per heavy atom. The van der Waals surface area contributed by atoms with Crippen molar-refractivity contribution in [1.82, 2.24) is 8.87 Å². The molecule has 0 saturated heterocycles. The van der Waals surface area contributed by atoms with Gasteiger partial charge in [0.1, 0.15) is 12.3 Å². The van der Waals surface area contributed by atoms with E-state index in [0.717, 1.165) is 16.8 Å². The highest BCUT2D eigenvalue weighted by Crippen LogP contribution is 2.32. The lowest BCUT2D eigenvalue weighted by Gasteiger charge is -2.23. The zero-order chi connectivity index (χ0) is 22.8. The Morgan fingerprint density at radius 3 is 2.58 bits per heavy atom. The topological polar surface area (TPSA) is 127 Å². The van der Waals surface area contributed by atoms with E-state index in [1.807, 2.05) is 0 Å². The molecule has 2 aromatic rings. The molecule has 1 aromatic carbocycles. The van der Waals surface area contributed by atoms with E-state index in [0.29, 0.717) is 17.1 Å². The number of nitrogens with zero attached hydrogens (tertiary/aromatic N) is 2. The molecule has 0 spiro atoms. The Bertz CT molecular complexity index is 1170. The Labute approximate surface area is 179 Å². The van der Waals surface area contributed by atoms with E-state index in [4.69, 9.17) is 4.74 Å². The van der Waals surface area contributed by atoms with E-state index in [1.165, 1.54) is 10.4 Å². The molecule has 0 bridgehead atoms. The zero-order valence-corrected chi connectivity index (χ0v) is 18.2. The molecular weight excluding hydrogens is 424 g/mol. The second-order valence-corrected chi connectivity index (χ2v) is 8.87. The van der Waals surface area contributed by atoms with Gasteiger partial charge in [0, 0.05) is 31.0 Å². The van der Waals surface area contributed by atoms with Gasteiger partial charge in [-0.3, -0.25) is 14.4 Å². The van der Waals surface area contributed by atoms with E-state index in [2.05, 4.69) is 10.6 Å². The van der Waals surface area contributed by atoms with Crippen LogP contribution in [0.4, 0.5) is 11.4 Å². The van der Waals surface area contributed by atoms with E-state index in [9.17, 15) is 22.8 Å². The summed E-state index contributed by atoms with van der Waals surface area (Å²) in [4.78, 5) is 36.3. The molecular formula is C20H24N4O6S. The maximum atomic E-state index is 12.7. The summed E-state index contributed by atoms with van der Waals surface area (Å²) < 4.78 is 33.1. The zero-order valence-electron chi connectivity index (χ0n) is 17.4. The smallest absolute Gasteiger partial charge is 0.265 e. The van der Waals surface area contributed by atoms with Crippen LogP contribution in [0.25, 0.3) is 0 Å². The van der Waals surface area contributed by atoms with Crippen molar-refractivity contribution in [2.45, 2.75) is 38.3 Å². The number of ether oxygens (including phenoxy) is 1. The van der Waals surface area contributed by atoms with Gasteiger partial charge in [-0.2, -0.15) is 4.31 Å². The average Bonchev–Trinajstić information content (AvgIpc) is 2.71. The number of benzene rings is 1. The highest BCUT2D eigenvalue weighted by atomic mass is 32.2. The molecule has 0 fully saturated rings. The number of hydrogen-bond acceptors (Lipinski definition) is 6. The fourth-order valence-corrected chi connectivity index (χ4v) is 4.62. The van der Waals surface area contributed by atoms with Crippen molar-refractivity contribution in [3.8, 4) is 5.75 Å². The van der Waals surface area contributed by atoms with Crippen molar-refractivity contribution < 1.29 is 22.7 Å². The number of aromatic nitrogens is 1. The number of nitrogens with one attached hydrogen (secondary N) is 2. The van der Waals surface area contributed by atoms with Gasteiger partial charge in [-0.1, -0.05) is 13.8 Å². The van der Waals surface area contributed by atoms with Gasteiger partial charge in [-0.05, 0) is 31.2 Å². The molecule has 11 heteroatoms. The molecule has 0 saturated carbocycles. The van der Waals surface area contributed by atoms with Crippen LogP contribution in [0.3, 0.4) is 0 Å². The van der Waals surface area contributed by atoms with Crippen LogP contribution in [0.1, 0.15) is 20.8 Å². The van der Waals surface area contributed by atoms with Crippen LogP contribution in [0.2, 0.25) is 0 Å². The quantitative estimate of drug-likeness (QED) is 0.656. The molecule has 1 atom stereocenters. The molecule has 2 N–H and O–H groups in total. The average molecular weight is 449 g/mol. The number of hydrogen-bond donors (Lipinski definition) is 2. The van der Waals surface area contributed by atoms with Gasteiger partial charge in [0.2, 0.25) is 15.9 Å². The van der Waals surface area contributed by atoms with E-state index >= 15 is 0 Å². The first kappa shape index (κ1) is 22.5. The SMILES string of the molecule is CCN(CC)S(=O)(=O)c1ccc(=O)n(CC(=O)Nc2ccc3c(c2)NC(=O)C(C)O3)c1. The lowest BCUT2D eigenvalue weighted by molar-refractivity contribution is -0.122. The van der Waals surface area contributed by atoms with Crippen LogP contribution < -0.4 is 20.9 Å². The van der Waals surface area contributed by atoms with Crippen LogP contribution in [0.5, 0.6) is 5.75 Å². The first-order chi connectivity index (χ1) is 14.6. The standard InChI is InChI=1S/C20H24N4O6S/c1-4-24(5-2)31(28,29)15-7-9-19(26)23(11-15)12-18(25)21-14-6-8-17-16(10-14)22-20(27)13(3)30-17/h6-11,13H,4-5,12H2,1-3H3,(H,21,25)(H,22,27). The fourth-order valence-electron chi connectivity index (χ4n) is 3.14. The number of pyridine rings is 1. The van der Waals surface area contributed by atoms with Crippen molar-refractivity contribution in [3.05, 3.63) is 46.9 Å². The lowest BCUT2D eigenvalue weighted by atomic mass is 10.2. The van der Waals surface area contributed by atoms with E-state index in [-0.39, 0.29) is 30.4 Å². The molecule has 1 aliphatic heterocycles. The number of fused-ring (bicyclic) bond motifs is 1. The van der Waals surface area contributed by atoms with Crippen LogP contribution in [0.15, 0.2) is 46.2 Å². The van der Waals surface area contributed by atoms with Crippen LogP contribution in [-0.2, 0) is 26.2 Å². The van der Waals surface area contributed by atoms with Crippen molar-refractivity contribution >= 4 is 33.2 Å². The van der Waals surface area contributed by atoms with Gasteiger partial charge in [0.05, 0.1) is 10.6 Å². The second-order valence-electron chi connectivity index (χ2n) is 6.93. The van der Waals surface area contributed by atoms with Crippen molar-refractivity contribution in [2.75, 3.05) is 23.7 Å². The summed E-state index contributed by atoms with van der Waals surface area (Å²) in [7, 11) is -3.77. The lowest BCUT2D eigenvalue weighted by Crippen LogP contribution is -2.34. The molecule has 2 heterocycles. The molecule has 1 aromatic heterocycles. The molecule has 1 unspecified atom stereocenters. The van der Waals surface area contributed by atoms with E-state index in [1.54, 1.807) is 39.0 Å². The predicted molar refractivity (Wildman–Crippen MR) is 115 cm³/mol. The molecule has 2 amide bonds. The normalized spacial score (nSPS) is 15.7. The van der Waals surface area contributed by atoms with Crippen molar-refractivity contribution in [2.24, 2.45) is 0 Å². The first-order valence-electron chi connectivity index (χ1n) is 9.77. The van der Waals surface area contributed by atoms with Gasteiger partial charge in [0.15, 0.2) is 6.10 Å². The minimum absolute atomic E-state index is 0.0636. The molecule has 0 radical (unpaired) electrons. The summed E-state index contributed by atoms with van der Waals surface area (Å²) in [5.41, 5.74) is 0.307. The van der Waals surface area contributed by atoms with Crippen molar-refractivity contribution in [3.63, 3.8) is 0 Å². The summed E-state index contributed by atoms with van der Waals surface area (Å²) in [6.07, 6.45) is 0.553. The number of sulfonamides is 1. The first-order valence-corrected chi connectivity index (χ1v) is 11.2. The number of amides is 2. The van der Waals surface area contributed by atoms with Crippen LogP contribution in [-0.4, -0.2) is 48.3 Å². The van der Waals surface area contributed by atoms with Gasteiger partial charge in [-0.25, -0.2) is 8.42 Å². The molecule has 0 aliphatic carbocycles. The Kier molecular flexibility index (Phi) is 6.46. The van der Waals surface area contributed by atoms with Gasteiger partial charge in [0.25, 0.3) is 11.5 Å². The third kappa shape index (κ3) is 4.78. The van der Waals surface area contributed by atoms with Gasteiger partial charge >= 0.3 is 0 Å². The van der Waals surface area contributed by atoms with Crippen molar-refractivity contribution in [1.29, 1.82) is 0 Å². The monoisotopic (exact) mass is 448 g/mol. The van der Waals surface area contributed by atoms with Gasteiger partial charge in [-0.15, -0.1) is 0 Å². The Morgan fingerprint density at radius 1 is 1.19 bits per heavy atom. The minimum Gasteiger partial charge on any atom is -0.479 e. The van der Waals surface area contributed by atoms with Crippen LogP contribution in [0, 0.1) is 0 Å². The number of carbonyl (C=O) groups is 2. The summed E-state index contributed by atoms with van der Waals surface area (Å²) in [6, 6.07) is 7.12. The van der Waals surface area contributed by atoms with E-state index < -0.39 is 27.6 Å². The number of rotatable bonds is 7. The third-order valence-electron chi connectivity index (χ3n) is 4.81. The summed E-state index contributed by atoms with van der Waals surface area (Å²) >= 11 is 0. The third-order valence-corrected chi connectivity index (χ3v) is 6.84. The summed E-state index contributed by atoms with van der Waals surface area (Å²) in [6.45, 7) is 5.26. The maximum absolute atomic E-state index is 12.7. The summed E-state index contributed by atoms with van der Waals surface area (Å²) in [5.74, 6) is -0.347.